The van der Waals surface area contributed by atoms with Crippen LogP contribution in [-0.2, 0) is 11.4 Å². The molecule has 0 aromatic heterocycles. The van der Waals surface area contributed by atoms with Crippen LogP contribution in [0.25, 0.3) is 10.8 Å². The third-order valence-corrected chi connectivity index (χ3v) is 8.50. The van der Waals surface area contributed by atoms with E-state index in [2.05, 4.69) is 6.07 Å². The number of allylic oxidation sites excluding steroid dienone is 3. The number of ketones is 1. The van der Waals surface area contributed by atoms with Crippen LogP contribution in [0, 0.1) is 31.0 Å². The second kappa shape index (κ2) is 11.0. The van der Waals surface area contributed by atoms with E-state index < -0.39 is 11.7 Å². The summed E-state index contributed by atoms with van der Waals surface area (Å²) in [5.74, 6) is -0.297. The van der Waals surface area contributed by atoms with Gasteiger partial charge in [-0.25, -0.2) is 4.39 Å². The third kappa shape index (κ3) is 4.70. The molecule has 1 aliphatic heterocycles. The monoisotopic (exact) mass is 577 g/mol. The molecule has 2 aliphatic rings. The van der Waals surface area contributed by atoms with Crippen molar-refractivity contribution in [3.05, 3.63) is 129 Å². The van der Waals surface area contributed by atoms with Gasteiger partial charge >= 0.3 is 0 Å². The zero-order valence-electron chi connectivity index (χ0n) is 23.4. The van der Waals surface area contributed by atoms with Crippen molar-refractivity contribution >= 4 is 33.8 Å². The maximum Gasteiger partial charge on any atom is 0.161 e. The van der Waals surface area contributed by atoms with E-state index in [1.807, 2.05) is 73.3 Å². The lowest BCUT2D eigenvalue weighted by Crippen LogP contribution is -2.39. The van der Waals surface area contributed by atoms with Crippen molar-refractivity contribution in [2.24, 2.45) is 5.73 Å². The van der Waals surface area contributed by atoms with Gasteiger partial charge in [0.05, 0.1) is 28.3 Å². The van der Waals surface area contributed by atoms with Crippen LogP contribution < -0.4 is 15.4 Å². The number of fused-ring (bicyclic) bond motifs is 1. The second-order valence-electron chi connectivity index (χ2n) is 10.8. The Kier molecular flexibility index (Phi) is 7.22. The number of nitrogens with zero attached hydrogens (tertiary/aromatic N) is 2. The summed E-state index contributed by atoms with van der Waals surface area (Å²) in [4.78, 5) is 15.7. The second-order valence-corrected chi connectivity index (χ2v) is 11.2. The van der Waals surface area contributed by atoms with Crippen LogP contribution in [0.15, 0.2) is 95.5 Å². The van der Waals surface area contributed by atoms with Crippen molar-refractivity contribution in [1.29, 1.82) is 5.26 Å². The van der Waals surface area contributed by atoms with E-state index in [0.29, 0.717) is 42.0 Å². The molecule has 42 heavy (non-hydrogen) atoms. The molecule has 0 saturated carbocycles. The fourth-order valence-corrected chi connectivity index (χ4v) is 6.46. The molecule has 1 heterocycles. The molecule has 0 spiro atoms. The predicted molar refractivity (Wildman–Crippen MR) is 164 cm³/mol. The number of carbonyl (C=O) groups is 1. The molecule has 0 saturated heterocycles. The molecule has 2 N–H and O–H groups in total. The van der Waals surface area contributed by atoms with Crippen molar-refractivity contribution in [2.75, 3.05) is 4.90 Å². The van der Waals surface area contributed by atoms with Gasteiger partial charge in [0, 0.05) is 23.1 Å². The molecule has 0 radical (unpaired) electrons. The van der Waals surface area contributed by atoms with Gasteiger partial charge in [0.2, 0.25) is 0 Å². The number of aryl methyl sites for hydroxylation is 1. The number of hydrogen-bond acceptors (Lipinski definition) is 5. The van der Waals surface area contributed by atoms with Gasteiger partial charge in [-0.05, 0) is 73.0 Å². The van der Waals surface area contributed by atoms with Gasteiger partial charge in [0.15, 0.2) is 5.78 Å². The Hall–Kier alpha value is -4.60. The fourth-order valence-electron chi connectivity index (χ4n) is 6.24. The van der Waals surface area contributed by atoms with Crippen LogP contribution in [0.4, 0.5) is 10.1 Å². The molecule has 0 amide bonds. The molecule has 1 unspecified atom stereocenters. The molecule has 4 aromatic rings. The average Bonchev–Trinajstić information content (AvgIpc) is 2.97. The highest BCUT2D eigenvalue weighted by Crippen LogP contribution is 2.48. The number of benzene rings is 4. The predicted octanol–water partition coefficient (Wildman–Crippen LogP) is 8.13. The first-order chi connectivity index (χ1) is 20.3. The molecule has 210 valence electrons. The minimum atomic E-state index is -0.600. The lowest BCUT2D eigenvalue weighted by molar-refractivity contribution is -0.116. The highest BCUT2D eigenvalue weighted by Gasteiger charge is 2.41. The van der Waals surface area contributed by atoms with Gasteiger partial charge in [0.1, 0.15) is 24.0 Å². The summed E-state index contributed by atoms with van der Waals surface area (Å²) in [7, 11) is 0. The summed E-state index contributed by atoms with van der Waals surface area (Å²) >= 11 is 6.20. The number of ether oxygens (including phenoxy) is 1. The molecule has 7 heteroatoms. The van der Waals surface area contributed by atoms with E-state index in [0.717, 1.165) is 44.4 Å². The topological polar surface area (TPSA) is 79.3 Å². The lowest BCUT2D eigenvalue weighted by Gasteiger charge is -2.40. The molecule has 1 aliphatic carbocycles. The van der Waals surface area contributed by atoms with Crippen LogP contribution in [0.1, 0.15) is 47.4 Å². The summed E-state index contributed by atoms with van der Waals surface area (Å²) in [5, 5.41) is 12.8. The maximum atomic E-state index is 13.8. The first-order valence-corrected chi connectivity index (χ1v) is 14.3. The summed E-state index contributed by atoms with van der Waals surface area (Å²) in [6.45, 7) is 4.12. The number of halogens is 2. The van der Waals surface area contributed by atoms with Gasteiger partial charge in [-0.2, -0.15) is 5.26 Å². The number of hydrogen-bond donors (Lipinski definition) is 1. The summed E-state index contributed by atoms with van der Waals surface area (Å²) < 4.78 is 19.5. The van der Waals surface area contributed by atoms with Crippen LogP contribution in [-0.4, -0.2) is 5.78 Å². The Morgan fingerprint density at radius 1 is 1.07 bits per heavy atom. The van der Waals surface area contributed by atoms with E-state index in [-0.39, 0.29) is 17.4 Å². The molecular weight excluding hydrogens is 549 g/mol. The van der Waals surface area contributed by atoms with Crippen molar-refractivity contribution in [1.82, 2.24) is 0 Å². The van der Waals surface area contributed by atoms with E-state index in [9.17, 15) is 14.4 Å². The minimum absolute atomic E-state index is 0.0311. The van der Waals surface area contributed by atoms with Crippen molar-refractivity contribution in [3.8, 4) is 11.8 Å². The van der Waals surface area contributed by atoms with E-state index in [4.69, 9.17) is 22.1 Å². The lowest BCUT2D eigenvalue weighted by atomic mass is 9.73. The van der Waals surface area contributed by atoms with E-state index in [1.165, 1.54) is 18.2 Å². The molecular formula is C35H29ClFN3O2. The van der Waals surface area contributed by atoms with Gasteiger partial charge < -0.3 is 10.5 Å². The first kappa shape index (κ1) is 27.6. The Bertz CT molecular complexity index is 1870. The Morgan fingerprint density at radius 3 is 2.64 bits per heavy atom. The van der Waals surface area contributed by atoms with Gasteiger partial charge in [-0.3, -0.25) is 9.69 Å². The smallest absolute Gasteiger partial charge is 0.161 e. The number of anilines is 1. The number of Topliss-reactive ketones (excluding diaryl/α,β-unsaturated/α-hetero) is 1. The van der Waals surface area contributed by atoms with Crippen molar-refractivity contribution in [3.63, 3.8) is 0 Å². The fraction of sp³-hybridized carbons (Fsp3) is 0.200. The number of rotatable bonds is 5. The van der Waals surface area contributed by atoms with Crippen molar-refractivity contribution in [2.45, 2.75) is 45.6 Å². The van der Waals surface area contributed by atoms with Crippen LogP contribution in [0.5, 0.6) is 5.75 Å². The summed E-state index contributed by atoms with van der Waals surface area (Å²) in [6, 6.07) is 24.5. The Labute approximate surface area is 249 Å². The van der Waals surface area contributed by atoms with Crippen LogP contribution in [0.3, 0.4) is 0 Å². The van der Waals surface area contributed by atoms with Gasteiger partial charge in [0.25, 0.3) is 0 Å². The number of nitrogens with two attached hydrogens (primary N) is 1. The molecule has 6 rings (SSSR count). The molecule has 1 atom stereocenters. The molecule has 0 bridgehead atoms. The van der Waals surface area contributed by atoms with Crippen molar-refractivity contribution < 1.29 is 13.9 Å². The standard InChI is InChI=1S/C35H29ClFN3O2/c1-20-15-23(19-42-32-14-13-24(37)17-28(32)36)21(2)26(16-20)33-27(18-38)35(39)40(30-11-6-12-31(41)34(30)33)29-10-5-8-22-7-3-4-9-25(22)29/h3-5,7-10,13-17,33H,6,11-12,19,39H2,1-2H3. The van der Waals surface area contributed by atoms with Gasteiger partial charge in [-0.1, -0.05) is 65.7 Å². The largest absolute Gasteiger partial charge is 0.487 e. The van der Waals surface area contributed by atoms with Crippen LogP contribution in [0.2, 0.25) is 5.02 Å². The SMILES string of the molecule is Cc1cc(COc2ccc(F)cc2Cl)c(C)c(C2C(C#N)=C(N)N(c3cccc4ccccc34)C3=C2C(=O)CCC3)c1. The highest BCUT2D eigenvalue weighted by atomic mass is 35.5. The van der Waals surface area contributed by atoms with E-state index >= 15 is 0 Å². The number of carbonyl (C=O) groups excluding carboxylic acids is 1. The quantitative estimate of drug-likeness (QED) is 0.259. The molecule has 4 aromatic carbocycles. The summed E-state index contributed by atoms with van der Waals surface area (Å²) in [6.07, 6.45) is 1.80. The Balaban J connectivity index is 1.50. The first-order valence-electron chi connectivity index (χ1n) is 13.9. The Morgan fingerprint density at radius 2 is 1.86 bits per heavy atom. The minimum Gasteiger partial charge on any atom is -0.487 e. The maximum absolute atomic E-state index is 13.8. The zero-order chi connectivity index (χ0) is 29.5. The van der Waals surface area contributed by atoms with E-state index in [1.54, 1.807) is 0 Å². The average molecular weight is 578 g/mol. The third-order valence-electron chi connectivity index (χ3n) is 8.21. The summed E-state index contributed by atoms with van der Waals surface area (Å²) in [5.41, 5.74) is 13.1. The molecule has 5 nitrogen and oxygen atoms in total. The normalized spacial score (nSPS) is 17.0. The number of nitriles is 1. The zero-order valence-corrected chi connectivity index (χ0v) is 24.1. The molecule has 0 fully saturated rings. The van der Waals surface area contributed by atoms with Crippen LogP contribution >= 0.6 is 11.6 Å². The highest BCUT2D eigenvalue weighted by molar-refractivity contribution is 6.32. The van der Waals surface area contributed by atoms with Gasteiger partial charge in [-0.15, -0.1) is 0 Å².